The van der Waals surface area contributed by atoms with Crippen molar-refractivity contribution in [2.24, 2.45) is 0 Å². The lowest BCUT2D eigenvalue weighted by Gasteiger charge is -2.29. The molecule has 0 atom stereocenters. The molecule has 1 aliphatic rings. The fourth-order valence-electron chi connectivity index (χ4n) is 3.05. The summed E-state index contributed by atoms with van der Waals surface area (Å²) in [6.07, 6.45) is 0. The van der Waals surface area contributed by atoms with Crippen LogP contribution < -0.4 is 15.0 Å². The summed E-state index contributed by atoms with van der Waals surface area (Å²) < 4.78 is 5.39. The van der Waals surface area contributed by atoms with E-state index in [1.165, 1.54) is 4.90 Å². The second-order valence-electron chi connectivity index (χ2n) is 6.20. The van der Waals surface area contributed by atoms with Crippen LogP contribution in [0.1, 0.15) is 16.7 Å². The molecule has 0 saturated carbocycles. The van der Waals surface area contributed by atoms with Crippen LogP contribution in [-0.2, 0) is 9.59 Å². The summed E-state index contributed by atoms with van der Waals surface area (Å²) in [5.74, 6) is -0.00186. The Balaban J connectivity index is 1.82. The van der Waals surface area contributed by atoms with Gasteiger partial charge in [-0.25, -0.2) is 0 Å². The van der Waals surface area contributed by atoms with Gasteiger partial charge in [0.25, 0.3) is 5.91 Å². The number of fused-ring (bicyclic) bond motifs is 1. The second-order valence-corrected chi connectivity index (χ2v) is 6.64. The number of amides is 2. The SMILES string of the molecule is Cc1cc(C)c(NC(=O)CN2C(=O)COc3ccc(Cl)cc32)c(C)c1. The van der Waals surface area contributed by atoms with E-state index in [1.54, 1.807) is 18.2 Å². The summed E-state index contributed by atoms with van der Waals surface area (Å²) in [5, 5.41) is 3.39. The second kappa shape index (κ2) is 6.76. The highest BCUT2D eigenvalue weighted by atomic mass is 35.5. The normalized spacial score (nSPS) is 13.3. The Hall–Kier alpha value is -2.53. The molecule has 0 unspecified atom stereocenters. The van der Waals surface area contributed by atoms with Crippen molar-refractivity contribution in [1.29, 1.82) is 0 Å². The minimum atomic E-state index is -0.276. The summed E-state index contributed by atoms with van der Waals surface area (Å²) in [7, 11) is 0. The number of benzene rings is 2. The number of carbonyl (C=O) groups is 2. The maximum atomic E-state index is 12.5. The summed E-state index contributed by atoms with van der Waals surface area (Å²) in [4.78, 5) is 26.1. The number of hydrogen-bond donors (Lipinski definition) is 1. The fourth-order valence-corrected chi connectivity index (χ4v) is 3.21. The molecule has 1 N–H and O–H groups in total. The minimum absolute atomic E-state index is 0.0928. The van der Waals surface area contributed by atoms with E-state index in [9.17, 15) is 9.59 Å². The van der Waals surface area contributed by atoms with Gasteiger partial charge in [0.1, 0.15) is 12.3 Å². The highest BCUT2D eigenvalue weighted by Gasteiger charge is 2.27. The van der Waals surface area contributed by atoms with Gasteiger partial charge in [0.15, 0.2) is 6.61 Å². The zero-order chi connectivity index (χ0) is 18.1. The van der Waals surface area contributed by atoms with Gasteiger partial charge in [-0.15, -0.1) is 0 Å². The molecular formula is C19H19ClN2O3. The first kappa shape index (κ1) is 17.3. The molecule has 3 rings (SSSR count). The molecule has 6 heteroatoms. The minimum Gasteiger partial charge on any atom is -0.482 e. The largest absolute Gasteiger partial charge is 0.482 e. The molecule has 2 aromatic rings. The van der Waals surface area contributed by atoms with E-state index in [0.29, 0.717) is 16.5 Å². The molecule has 2 aromatic carbocycles. The number of hydrogen-bond acceptors (Lipinski definition) is 3. The molecule has 130 valence electrons. The molecule has 0 saturated heterocycles. The van der Waals surface area contributed by atoms with Crippen LogP contribution in [0.15, 0.2) is 30.3 Å². The van der Waals surface area contributed by atoms with Gasteiger partial charge in [0.05, 0.1) is 5.69 Å². The Bertz CT molecular complexity index is 841. The average molecular weight is 359 g/mol. The van der Waals surface area contributed by atoms with Crippen LogP contribution in [0.5, 0.6) is 5.75 Å². The lowest BCUT2D eigenvalue weighted by atomic mass is 10.1. The van der Waals surface area contributed by atoms with Crippen LogP contribution in [0.3, 0.4) is 0 Å². The first-order chi connectivity index (χ1) is 11.8. The Kier molecular flexibility index (Phi) is 4.68. The van der Waals surface area contributed by atoms with E-state index >= 15 is 0 Å². The van der Waals surface area contributed by atoms with Crippen molar-refractivity contribution >= 4 is 34.8 Å². The molecule has 0 radical (unpaired) electrons. The van der Waals surface area contributed by atoms with Gasteiger partial charge < -0.3 is 10.1 Å². The standard InChI is InChI=1S/C19H19ClN2O3/c1-11-6-12(2)19(13(3)7-11)21-17(23)9-22-15-8-14(20)4-5-16(15)25-10-18(22)24/h4-8H,9-10H2,1-3H3,(H,21,23). The quantitative estimate of drug-likeness (QED) is 0.911. The van der Waals surface area contributed by atoms with Gasteiger partial charge in [-0.2, -0.15) is 0 Å². The van der Waals surface area contributed by atoms with Crippen molar-refractivity contribution in [3.8, 4) is 5.75 Å². The van der Waals surface area contributed by atoms with E-state index in [4.69, 9.17) is 16.3 Å². The summed E-state index contributed by atoms with van der Waals surface area (Å²) in [6, 6.07) is 9.04. The number of nitrogens with zero attached hydrogens (tertiary/aromatic N) is 1. The van der Waals surface area contributed by atoms with Crippen molar-refractivity contribution < 1.29 is 14.3 Å². The zero-order valence-corrected chi connectivity index (χ0v) is 15.1. The molecule has 0 fully saturated rings. The van der Waals surface area contributed by atoms with Gasteiger partial charge in [-0.1, -0.05) is 29.3 Å². The van der Waals surface area contributed by atoms with Crippen molar-refractivity contribution in [2.75, 3.05) is 23.4 Å². The maximum Gasteiger partial charge on any atom is 0.265 e. The fraction of sp³-hybridized carbons (Fsp3) is 0.263. The number of carbonyl (C=O) groups excluding carboxylic acids is 2. The van der Waals surface area contributed by atoms with Crippen molar-refractivity contribution in [1.82, 2.24) is 0 Å². The van der Waals surface area contributed by atoms with E-state index in [1.807, 2.05) is 32.9 Å². The lowest BCUT2D eigenvalue weighted by Crippen LogP contribution is -2.43. The van der Waals surface area contributed by atoms with Crippen LogP contribution in [0.25, 0.3) is 0 Å². The Labute approximate surface area is 151 Å². The summed E-state index contributed by atoms with van der Waals surface area (Å²) in [5.41, 5.74) is 4.41. The Morgan fingerprint density at radius 3 is 2.56 bits per heavy atom. The third-order valence-corrected chi connectivity index (χ3v) is 4.34. The predicted molar refractivity (Wildman–Crippen MR) is 98.6 cm³/mol. The summed E-state index contributed by atoms with van der Waals surface area (Å²) >= 11 is 6.02. The molecule has 5 nitrogen and oxygen atoms in total. The first-order valence-corrected chi connectivity index (χ1v) is 8.33. The molecule has 25 heavy (non-hydrogen) atoms. The van der Waals surface area contributed by atoms with Crippen LogP contribution in [0.2, 0.25) is 5.02 Å². The predicted octanol–water partition coefficient (Wildman–Crippen LogP) is 3.63. The number of rotatable bonds is 3. The Morgan fingerprint density at radius 2 is 1.88 bits per heavy atom. The van der Waals surface area contributed by atoms with Crippen molar-refractivity contribution in [2.45, 2.75) is 20.8 Å². The van der Waals surface area contributed by atoms with Gasteiger partial charge >= 0.3 is 0 Å². The third kappa shape index (κ3) is 3.61. The number of aryl methyl sites for hydroxylation is 3. The maximum absolute atomic E-state index is 12.5. The Morgan fingerprint density at radius 1 is 1.20 bits per heavy atom. The molecule has 2 amide bonds. The van der Waals surface area contributed by atoms with Crippen molar-refractivity contribution in [3.63, 3.8) is 0 Å². The van der Waals surface area contributed by atoms with E-state index in [0.717, 1.165) is 22.4 Å². The van der Waals surface area contributed by atoms with E-state index in [2.05, 4.69) is 5.32 Å². The summed E-state index contributed by atoms with van der Waals surface area (Å²) in [6.45, 7) is 5.72. The molecule has 0 bridgehead atoms. The van der Waals surface area contributed by atoms with Crippen LogP contribution >= 0.6 is 11.6 Å². The van der Waals surface area contributed by atoms with Crippen LogP contribution in [0, 0.1) is 20.8 Å². The van der Waals surface area contributed by atoms with E-state index in [-0.39, 0.29) is 25.0 Å². The van der Waals surface area contributed by atoms with Crippen molar-refractivity contribution in [3.05, 3.63) is 52.0 Å². The number of anilines is 2. The van der Waals surface area contributed by atoms with Crippen LogP contribution in [-0.4, -0.2) is 25.0 Å². The highest BCUT2D eigenvalue weighted by Crippen LogP contribution is 2.34. The van der Waals surface area contributed by atoms with Gasteiger partial charge in [0.2, 0.25) is 5.91 Å². The lowest BCUT2D eigenvalue weighted by molar-refractivity contribution is -0.123. The van der Waals surface area contributed by atoms with Gasteiger partial charge in [0, 0.05) is 10.7 Å². The molecule has 1 heterocycles. The zero-order valence-electron chi connectivity index (χ0n) is 14.4. The highest BCUT2D eigenvalue weighted by molar-refractivity contribution is 6.31. The number of nitrogens with one attached hydrogen (secondary N) is 1. The molecular weight excluding hydrogens is 340 g/mol. The number of halogens is 1. The first-order valence-electron chi connectivity index (χ1n) is 7.95. The van der Waals surface area contributed by atoms with Crippen LogP contribution in [0.4, 0.5) is 11.4 Å². The molecule has 1 aliphatic heterocycles. The average Bonchev–Trinajstić information content (AvgIpc) is 2.54. The third-order valence-electron chi connectivity index (χ3n) is 4.11. The molecule has 0 spiro atoms. The topological polar surface area (TPSA) is 58.6 Å². The van der Waals surface area contributed by atoms with Gasteiger partial charge in [-0.3, -0.25) is 14.5 Å². The monoisotopic (exact) mass is 358 g/mol. The van der Waals surface area contributed by atoms with Gasteiger partial charge in [-0.05, 0) is 50.1 Å². The molecule has 0 aliphatic carbocycles. The van der Waals surface area contributed by atoms with E-state index < -0.39 is 0 Å². The molecule has 0 aromatic heterocycles. The number of ether oxygens (including phenoxy) is 1. The smallest absolute Gasteiger partial charge is 0.265 e.